The summed E-state index contributed by atoms with van der Waals surface area (Å²) in [6.45, 7) is 6.33. The summed E-state index contributed by atoms with van der Waals surface area (Å²) in [6.07, 6.45) is 9.21. The van der Waals surface area contributed by atoms with Gasteiger partial charge in [-0.15, -0.1) is 0 Å². The van der Waals surface area contributed by atoms with E-state index < -0.39 is 0 Å². The van der Waals surface area contributed by atoms with Crippen molar-refractivity contribution < 1.29 is 4.79 Å². The van der Waals surface area contributed by atoms with Gasteiger partial charge in [-0.1, -0.05) is 31.6 Å². The molecule has 0 aliphatic heterocycles. The van der Waals surface area contributed by atoms with Crippen LogP contribution in [0.15, 0.2) is 23.3 Å². The number of hydrogen-bond donors (Lipinski definition) is 0. The molecule has 0 N–H and O–H groups in total. The maximum absolute atomic E-state index is 11.4. The molecule has 2 rings (SSSR count). The molecule has 2 atom stereocenters. The summed E-state index contributed by atoms with van der Waals surface area (Å²) in [5, 5.41) is 0. The van der Waals surface area contributed by atoms with E-state index in [0.717, 1.165) is 18.3 Å². The van der Waals surface area contributed by atoms with Gasteiger partial charge >= 0.3 is 0 Å². The zero-order valence-electron chi connectivity index (χ0n) is 10.6. The van der Waals surface area contributed by atoms with Crippen molar-refractivity contribution in [3.63, 3.8) is 0 Å². The van der Waals surface area contributed by atoms with Gasteiger partial charge in [-0.05, 0) is 50.0 Å². The topological polar surface area (TPSA) is 17.1 Å². The first-order chi connectivity index (χ1) is 7.59. The number of carbonyl (C=O) groups is 1. The number of allylic oxidation sites excluding steroid dienone is 4. The lowest BCUT2D eigenvalue weighted by molar-refractivity contribution is -0.119. The Labute approximate surface area is 98.6 Å². The molecule has 2 aliphatic carbocycles. The highest BCUT2D eigenvalue weighted by molar-refractivity contribution is 5.81. The fourth-order valence-corrected chi connectivity index (χ4v) is 3.08. The van der Waals surface area contributed by atoms with Crippen molar-refractivity contribution in [1.82, 2.24) is 0 Å². The predicted molar refractivity (Wildman–Crippen MR) is 67.1 cm³/mol. The van der Waals surface area contributed by atoms with Crippen molar-refractivity contribution in [1.29, 1.82) is 0 Å². The standard InChI is InChI=1S/C15H22O/c1-10(2)14-6-4-5-13-9-12(11(3)16)7-8-15(13)14/h7-8,10,12,14H,4-6,9H2,1-3H3. The van der Waals surface area contributed by atoms with E-state index in [1.54, 1.807) is 18.1 Å². The Morgan fingerprint density at radius 1 is 1.44 bits per heavy atom. The number of Topliss-reactive ketones (excluding diaryl/α,β-unsaturated/α-hetero) is 1. The fraction of sp³-hybridized carbons (Fsp3) is 0.667. The van der Waals surface area contributed by atoms with Gasteiger partial charge in [0, 0.05) is 5.92 Å². The van der Waals surface area contributed by atoms with Crippen molar-refractivity contribution in [3.8, 4) is 0 Å². The zero-order chi connectivity index (χ0) is 11.7. The molecule has 0 bridgehead atoms. The van der Waals surface area contributed by atoms with Gasteiger partial charge in [0.05, 0.1) is 0 Å². The molecule has 1 nitrogen and oxygen atoms in total. The molecule has 0 aromatic carbocycles. The molecular formula is C15H22O. The van der Waals surface area contributed by atoms with Crippen molar-refractivity contribution in [2.75, 3.05) is 0 Å². The van der Waals surface area contributed by atoms with Crippen molar-refractivity contribution in [3.05, 3.63) is 23.3 Å². The summed E-state index contributed by atoms with van der Waals surface area (Å²) in [5.41, 5.74) is 3.12. The molecule has 0 fully saturated rings. The van der Waals surface area contributed by atoms with E-state index >= 15 is 0 Å². The summed E-state index contributed by atoms with van der Waals surface area (Å²) < 4.78 is 0. The van der Waals surface area contributed by atoms with Crippen molar-refractivity contribution in [2.24, 2.45) is 17.8 Å². The van der Waals surface area contributed by atoms with Gasteiger partial charge < -0.3 is 0 Å². The minimum atomic E-state index is 0.157. The van der Waals surface area contributed by atoms with Crippen LogP contribution in [0.4, 0.5) is 0 Å². The summed E-state index contributed by atoms with van der Waals surface area (Å²) in [7, 11) is 0. The van der Waals surface area contributed by atoms with Crippen LogP contribution < -0.4 is 0 Å². The molecule has 16 heavy (non-hydrogen) atoms. The van der Waals surface area contributed by atoms with Crippen LogP contribution in [0.25, 0.3) is 0 Å². The van der Waals surface area contributed by atoms with Gasteiger partial charge in [0.1, 0.15) is 5.78 Å². The zero-order valence-corrected chi connectivity index (χ0v) is 10.6. The largest absolute Gasteiger partial charge is 0.299 e. The first-order valence-electron chi connectivity index (χ1n) is 6.50. The van der Waals surface area contributed by atoms with Crippen LogP contribution in [0.3, 0.4) is 0 Å². The Morgan fingerprint density at radius 2 is 2.19 bits per heavy atom. The number of rotatable bonds is 2. The average Bonchev–Trinajstić information content (AvgIpc) is 2.27. The van der Waals surface area contributed by atoms with E-state index in [1.165, 1.54) is 19.3 Å². The first kappa shape index (κ1) is 11.6. The monoisotopic (exact) mass is 218 g/mol. The maximum atomic E-state index is 11.4. The SMILES string of the molecule is CC(=O)C1C=CC2=C(CCCC2C(C)C)C1. The quantitative estimate of drug-likeness (QED) is 0.687. The van der Waals surface area contributed by atoms with Crippen LogP contribution in [0.1, 0.15) is 46.5 Å². The minimum absolute atomic E-state index is 0.157. The highest BCUT2D eigenvalue weighted by Gasteiger charge is 2.28. The van der Waals surface area contributed by atoms with Gasteiger partial charge in [-0.2, -0.15) is 0 Å². The molecule has 0 saturated carbocycles. The molecule has 0 amide bonds. The highest BCUT2D eigenvalue weighted by atomic mass is 16.1. The lowest BCUT2D eigenvalue weighted by Crippen LogP contribution is -2.22. The van der Waals surface area contributed by atoms with Gasteiger partial charge in [0.2, 0.25) is 0 Å². The molecule has 0 spiro atoms. The van der Waals surface area contributed by atoms with E-state index in [-0.39, 0.29) is 5.92 Å². The second-order valence-corrected chi connectivity index (χ2v) is 5.58. The van der Waals surface area contributed by atoms with Crippen LogP contribution in [-0.2, 0) is 4.79 Å². The Hall–Kier alpha value is -0.850. The van der Waals surface area contributed by atoms with E-state index in [1.807, 2.05) is 0 Å². The summed E-state index contributed by atoms with van der Waals surface area (Å²) in [6, 6.07) is 0. The highest BCUT2D eigenvalue weighted by Crippen LogP contribution is 2.40. The normalized spacial score (nSPS) is 29.5. The summed E-state index contributed by atoms with van der Waals surface area (Å²) >= 11 is 0. The average molecular weight is 218 g/mol. The third-order valence-corrected chi connectivity index (χ3v) is 4.10. The van der Waals surface area contributed by atoms with E-state index in [0.29, 0.717) is 5.78 Å². The first-order valence-corrected chi connectivity index (χ1v) is 6.50. The molecule has 1 heteroatoms. The molecule has 88 valence electrons. The Balaban J connectivity index is 2.22. The van der Waals surface area contributed by atoms with Crippen LogP contribution in [0.5, 0.6) is 0 Å². The maximum Gasteiger partial charge on any atom is 0.136 e. The fourth-order valence-electron chi connectivity index (χ4n) is 3.08. The Bertz CT molecular complexity index is 346. The third kappa shape index (κ3) is 2.14. The second kappa shape index (κ2) is 4.57. The van der Waals surface area contributed by atoms with Crippen molar-refractivity contribution >= 4 is 5.78 Å². The molecule has 0 aromatic rings. The summed E-state index contributed by atoms with van der Waals surface area (Å²) in [4.78, 5) is 11.4. The van der Waals surface area contributed by atoms with E-state index in [4.69, 9.17) is 0 Å². The van der Waals surface area contributed by atoms with Gasteiger partial charge in [0.15, 0.2) is 0 Å². The van der Waals surface area contributed by atoms with Crippen LogP contribution in [0.2, 0.25) is 0 Å². The molecule has 0 radical (unpaired) electrons. The molecule has 0 aromatic heterocycles. The molecule has 2 unspecified atom stereocenters. The van der Waals surface area contributed by atoms with E-state index in [2.05, 4.69) is 26.0 Å². The minimum Gasteiger partial charge on any atom is -0.299 e. The Morgan fingerprint density at radius 3 is 2.81 bits per heavy atom. The van der Waals surface area contributed by atoms with Gasteiger partial charge in [-0.25, -0.2) is 0 Å². The van der Waals surface area contributed by atoms with Gasteiger partial charge in [0.25, 0.3) is 0 Å². The third-order valence-electron chi connectivity index (χ3n) is 4.10. The molecule has 2 aliphatic rings. The predicted octanol–water partition coefficient (Wildman–Crippen LogP) is 3.90. The summed E-state index contributed by atoms with van der Waals surface area (Å²) in [5.74, 6) is 1.93. The molecule has 0 heterocycles. The molecular weight excluding hydrogens is 196 g/mol. The molecule has 0 saturated heterocycles. The second-order valence-electron chi connectivity index (χ2n) is 5.58. The van der Waals surface area contributed by atoms with Gasteiger partial charge in [-0.3, -0.25) is 4.79 Å². The van der Waals surface area contributed by atoms with Crippen LogP contribution in [-0.4, -0.2) is 5.78 Å². The number of ketones is 1. The van der Waals surface area contributed by atoms with Crippen molar-refractivity contribution in [2.45, 2.75) is 46.5 Å². The lowest BCUT2D eigenvalue weighted by atomic mass is 9.72. The van der Waals surface area contributed by atoms with E-state index in [9.17, 15) is 4.79 Å². The van der Waals surface area contributed by atoms with Crippen LogP contribution >= 0.6 is 0 Å². The smallest absolute Gasteiger partial charge is 0.136 e. The number of hydrogen-bond acceptors (Lipinski definition) is 1. The number of carbonyl (C=O) groups excluding carboxylic acids is 1. The Kier molecular flexibility index (Phi) is 3.32. The van der Waals surface area contributed by atoms with Crippen LogP contribution in [0, 0.1) is 17.8 Å². The lowest BCUT2D eigenvalue weighted by Gasteiger charge is -2.33.